The van der Waals surface area contributed by atoms with Crippen LogP contribution in [0.4, 0.5) is 14.5 Å². The van der Waals surface area contributed by atoms with Crippen molar-refractivity contribution < 1.29 is 23.1 Å². The van der Waals surface area contributed by atoms with E-state index in [9.17, 15) is 18.4 Å². The molecule has 244 valence electrons. The van der Waals surface area contributed by atoms with Gasteiger partial charge in [-0.15, -0.1) is 0 Å². The number of rotatable bonds is 8. The largest absolute Gasteiger partial charge is 0.456 e. The maximum Gasteiger partial charge on any atom is 0.338 e. The summed E-state index contributed by atoms with van der Waals surface area (Å²) in [6, 6.07) is 27.0. The van der Waals surface area contributed by atoms with Crippen LogP contribution in [0.5, 0.6) is 0 Å². The van der Waals surface area contributed by atoms with Gasteiger partial charge < -0.3 is 10.1 Å². The Morgan fingerprint density at radius 2 is 1.45 bits per heavy atom. The molecule has 0 radical (unpaired) electrons. The number of aryl methyl sites for hydroxylation is 3. The van der Waals surface area contributed by atoms with Crippen molar-refractivity contribution in [3.63, 3.8) is 0 Å². The van der Waals surface area contributed by atoms with Crippen LogP contribution >= 0.6 is 0 Å². The third kappa shape index (κ3) is 8.62. The van der Waals surface area contributed by atoms with Crippen molar-refractivity contribution in [2.75, 3.05) is 5.32 Å². The zero-order valence-corrected chi connectivity index (χ0v) is 28.0. The van der Waals surface area contributed by atoms with E-state index in [4.69, 9.17) is 4.74 Å². The third-order valence-corrected chi connectivity index (χ3v) is 8.55. The molecule has 0 unspecified atom stereocenters. The van der Waals surface area contributed by atoms with E-state index in [1.54, 1.807) is 18.2 Å². The summed E-state index contributed by atoms with van der Waals surface area (Å²) in [5.41, 5.74) is 9.95. The summed E-state index contributed by atoms with van der Waals surface area (Å²) in [5, 5.41) is 3.11. The van der Waals surface area contributed by atoms with Gasteiger partial charge in [0.2, 0.25) is 5.91 Å². The number of hydrogen-bond donors (Lipinski definition) is 1. The van der Waals surface area contributed by atoms with Gasteiger partial charge in [-0.2, -0.15) is 0 Å². The Morgan fingerprint density at radius 3 is 2.00 bits per heavy atom. The summed E-state index contributed by atoms with van der Waals surface area (Å²) in [7, 11) is 0. The lowest BCUT2D eigenvalue weighted by molar-refractivity contribution is -0.117. The van der Waals surface area contributed by atoms with Gasteiger partial charge in [-0.05, 0) is 123 Å². The number of alkyl halides is 2. The van der Waals surface area contributed by atoms with Gasteiger partial charge in [-0.25, -0.2) is 13.6 Å². The van der Waals surface area contributed by atoms with Gasteiger partial charge in [0.1, 0.15) is 5.60 Å². The summed E-state index contributed by atoms with van der Waals surface area (Å²) < 4.78 is 32.9. The van der Waals surface area contributed by atoms with Crippen molar-refractivity contribution in [2.45, 2.75) is 84.7 Å². The van der Waals surface area contributed by atoms with Gasteiger partial charge >= 0.3 is 5.97 Å². The van der Waals surface area contributed by atoms with Crippen molar-refractivity contribution in [2.24, 2.45) is 0 Å². The van der Waals surface area contributed by atoms with Crippen molar-refractivity contribution in [3.8, 4) is 11.1 Å². The highest BCUT2D eigenvalue weighted by atomic mass is 19.3. The maximum atomic E-state index is 13.9. The van der Waals surface area contributed by atoms with E-state index in [1.807, 2.05) is 81.4 Å². The molecule has 4 aromatic rings. The highest BCUT2D eigenvalue weighted by Gasteiger charge is 2.31. The van der Waals surface area contributed by atoms with Crippen LogP contribution in [0.2, 0.25) is 0 Å². The molecular formula is C41H43F2NO3. The Morgan fingerprint density at radius 1 is 0.851 bits per heavy atom. The quantitative estimate of drug-likeness (QED) is 0.196. The first-order valence-electron chi connectivity index (χ1n) is 16.2. The number of carbonyl (C=O) groups excluding carboxylic acids is 2. The second kappa shape index (κ2) is 13.6. The number of anilines is 1. The third-order valence-electron chi connectivity index (χ3n) is 8.55. The van der Waals surface area contributed by atoms with E-state index in [0.29, 0.717) is 24.1 Å². The first-order chi connectivity index (χ1) is 22.2. The minimum atomic E-state index is -2.65. The summed E-state index contributed by atoms with van der Waals surface area (Å²) in [4.78, 5) is 26.5. The monoisotopic (exact) mass is 635 g/mol. The number of halogens is 2. The average Bonchev–Trinajstić information content (AvgIpc) is 3.00. The smallest absolute Gasteiger partial charge is 0.338 e. The summed E-state index contributed by atoms with van der Waals surface area (Å²) in [5.74, 6) is -3.76. The Bertz CT molecular complexity index is 1760. The lowest BCUT2D eigenvalue weighted by Crippen LogP contribution is -2.24. The summed E-state index contributed by atoms with van der Waals surface area (Å²) in [6.07, 6.45) is 1.92. The topological polar surface area (TPSA) is 55.4 Å². The Hall–Kier alpha value is -4.58. The molecule has 0 saturated carbocycles. The molecule has 0 saturated heterocycles. The number of nitrogens with one attached hydrogen (secondary N) is 1. The van der Waals surface area contributed by atoms with Gasteiger partial charge in [-0.1, -0.05) is 72.3 Å². The van der Waals surface area contributed by atoms with Crippen LogP contribution in [-0.2, 0) is 16.0 Å². The molecule has 0 bridgehead atoms. The molecular weight excluding hydrogens is 592 g/mol. The van der Waals surface area contributed by atoms with E-state index < -0.39 is 23.4 Å². The van der Waals surface area contributed by atoms with Crippen LogP contribution in [0.25, 0.3) is 16.7 Å². The highest BCUT2D eigenvalue weighted by Crippen LogP contribution is 2.37. The molecule has 1 aliphatic rings. The van der Waals surface area contributed by atoms with E-state index in [-0.39, 0.29) is 18.7 Å². The van der Waals surface area contributed by atoms with E-state index in [0.717, 1.165) is 27.8 Å². The summed E-state index contributed by atoms with van der Waals surface area (Å²) >= 11 is 0. The van der Waals surface area contributed by atoms with Crippen molar-refractivity contribution in [1.82, 2.24) is 0 Å². The summed E-state index contributed by atoms with van der Waals surface area (Å²) in [6.45, 7) is 11.8. The zero-order chi connectivity index (χ0) is 33.9. The molecule has 1 atom stereocenters. The standard InChI is InChI=1S/C41H43F2NO3/c1-26-23-27(2)37(28(3)24-26)33-15-17-35(18-16-33)44-38(45)36(25-29-7-9-34(10-8-29)39(46)47-40(4,5)6)32-13-11-30(12-14-32)31-19-21-41(42,43)22-20-31/h7-19,23-24,36H,20-22,25H2,1-6H3,(H,44,45)/t36-/m1/s1. The van der Waals surface area contributed by atoms with Crippen molar-refractivity contribution in [1.29, 1.82) is 0 Å². The Balaban J connectivity index is 1.39. The second-order valence-corrected chi connectivity index (χ2v) is 13.7. The number of ether oxygens (including phenoxy) is 1. The SMILES string of the molecule is Cc1cc(C)c(-c2ccc(NC(=O)[C@H](Cc3ccc(C(=O)OC(C)(C)C)cc3)c3ccc(C4=CCC(F)(F)CC4)cc3)cc2)c(C)c1. The van der Waals surface area contributed by atoms with E-state index in [1.165, 1.54) is 22.3 Å². The molecule has 0 heterocycles. The molecule has 6 heteroatoms. The zero-order valence-electron chi connectivity index (χ0n) is 28.0. The number of allylic oxidation sites excluding steroid dienone is 2. The van der Waals surface area contributed by atoms with Crippen LogP contribution in [-0.4, -0.2) is 23.4 Å². The average molecular weight is 636 g/mol. The predicted molar refractivity (Wildman–Crippen MR) is 186 cm³/mol. The molecule has 0 spiro atoms. The molecule has 4 nitrogen and oxygen atoms in total. The van der Waals surface area contributed by atoms with E-state index >= 15 is 0 Å². The molecule has 47 heavy (non-hydrogen) atoms. The van der Waals surface area contributed by atoms with Gasteiger partial charge in [0.15, 0.2) is 0 Å². The lowest BCUT2D eigenvalue weighted by atomic mass is 9.87. The molecule has 0 aromatic heterocycles. The van der Waals surface area contributed by atoms with Gasteiger partial charge in [0.05, 0.1) is 11.5 Å². The first kappa shape index (κ1) is 33.8. The fourth-order valence-corrected chi connectivity index (χ4v) is 6.28. The fraction of sp³-hybridized carbons (Fsp3) is 0.317. The minimum Gasteiger partial charge on any atom is -0.456 e. The molecule has 0 fully saturated rings. The van der Waals surface area contributed by atoms with Crippen molar-refractivity contribution in [3.05, 3.63) is 130 Å². The van der Waals surface area contributed by atoms with Crippen LogP contribution in [0.15, 0.2) is 91.0 Å². The maximum absolute atomic E-state index is 13.9. The number of benzene rings is 4. The number of carbonyl (C=O) groups is 2. The number of hydrogen-bond acceptors (Lipinski definition) is 3. The van der Waals surface area contributed by atoms with Crippen LogP contribution < -0.4 is 5.32 Å². The van der Waals surface area contributed by atoms with Gasteiger partial charge in [0, 0.05) is 18.5 Å². The molecule has 4 aromatic carbocycles. The van der Waals surface area contributed by atoms with Gasteiger partial charge in [0.25, 0.3) is 5.92 Å². The van der Waals surface area contributed by atoms with E-state index in [2.05, 4.69) is 38.2 Å². The lowest BCUT2D eigenvalue weighted by Gasteiger charge is -2.22. The molecule has 1 N–H and O–H groups in total. The fourth-order valence-electron chi connectivity index (χ4n) is 6.28. The predicted octanol–water partition coefficient (Wildman–Crippen LogP) is 10.4. The molecule has 1 aliphatic carbocycles. The number of amides is 1. The van der Waals surface area contributed by atoms with Crippen molar-refractivity contribution >= 4 is 23.1 Å². The normalized spacial score (nSPS) is 15.0. The minimum absolute atomic E-state index is 0.160. The van der Waals surface area contributed by atoms with Crippen LogP contribution in [0.3, 0.4) is 0 Å². The highest BCUT2D eigenvalue weighted by molar-refractivity contribution is 5.96. The van der Waals surface area contributed by atoms with Crippen LogP contribution in [0.1, 0.15) is 89.7 Å². The molecule has 5 rings (SSSR count). The first-order valence-corrected chi connectivity index (χ1v) is 16.2. The van der Waals surface area contributed by atoms with Gasteiger partial charge in [-0.3, -0.25) is 4.79 Å². The van der Waals surface area contributed by atoms with Crippen LogP contribution in [0, 0.1) is 20.8 Å². The second-order valence-electron chi connectivity index (χ2n) is 13.7. The Labute approximate surface area is 276 Å². The Kier molecular flexibility index (Phi) is 9.81. The molecule has 0 aliphatic heterocycles. The number of esters is 1. The molecule has 1 amide bonds.